The highest BCUT2D eigenvalue weighted by Gasteiger charge is 2.01. The molecule has 2 rings (SSSR count). The van der Waals surface area contributed by atoms with E-state index in [4.69, 9.17) is 10.5 Å². The zero-order chi connectivity index (χ0) is 16.7. The van der Waals surface area contributed by atoms with Crippen molar-refractivity contribution in [3.8, 4) is 5.75 Å². The second kappa shape index (κ2) is 8.14. The minimum Gasteiger partial charge on any atom is -0.423 e. The van der Waals surface area contributed by atoms with E-state index in [-0.39, 0.29) is 0 Å². The van der Waals surface area contributed by atoms with Crippen LogP contribution in [0.25, 0.3) is 6.08 Å². The van der Waals surface area contributed by atoms with Gasteiger partial charge in [0.1, 0.15) is 5.75 Å². The Labute approximate surface area is 142 Å². The molecule has 6 heteroatoms. The summed E-state index contributed by atoms with van der Waals surface area (Å²) in [7, 11) is 0. The largest absolute Gasteiger partial charge is 0.423 e. The molecule has 0 fully saturated rings. The lowest BCUT2D eigenvalue weighted by molar-refractivity contribution is -0.128. The van der Waals surface area contributed by atoms with Crippen LogP contribution in [0, 0.1) is 0 Å². The van der Waals surface area contributed by atoms with E-state index < -0.39 is 12.0 Å². The molecule has 0 aliphatic carbocycles. The van der Waals surface area contributed by atoms with Crippen LogP contribution in [0.4, 0.5) is 4.79 Å². The van der Waals surface area contributed by atoms with Crippen molar-refractivity contribution in [2.45, 2.75) is 6.54 Å². The summed E-state index contributed by atoms with van der Waals surface area (Å²) in [6.07, 6.45) is 3.04. The summed E-state index contributed by atoms with van der Waals surface area (Å²) < 4.78 is 6.14. The smallest absolute Gasteiger partial charge is 0.336 e. The Balaban J connectivity index is 1.91. The number of nitrogens with two attached hydrogens (primary N) is 1. The Hall–Kier alpha value is -2.60. The molecule has 118 valence electrons. The third-order valence-corrected chi connectivity index (χ3v) is 3.36. The van der Waals surface area contributed by atoms with Crippen LogP contribution in [0.1, 0.15) is 11.1 Å². The van der Waals surface area contributed by atoms with Gasteiger partial charge in [-0.05, 0) is 41.5 Å². The zero-order valence-corrected chi connectivity index (χ0v) is 13.7. The minimum absolute atomic E-state index is 0.326. The monoisotopic (exact) mass is 374 g/mol. The number of amides is 2. The van der Waals surface area contributed by atoms with E-state index in [0.29, 0.717) is 12.3 Å². The number of rotatable bonds is 5. The molecule has 0 saturated carbocycles. The molecule has 2 amide bonds. The highest BCUT2D eigenvalue weighted by Crippen LogP contribution is 2.14. The lowest BCUT2D eigenvalue weighted by Crippen LogP contribution is -2.28. The molecule has 2 aromatic rings. The second-order valence-corrected chi connectivity index (χ2v) is 5.59. The molecular weight excluding hydrogens is 360 g/mol. The van der Waals surface area contributed by atoms with Crippen LogP contribution in [-0.4, -0.2) is 12.0 Å². The molecule has 0 saturated heterocycles. The van der Waals surface area contributed by atoms with Crippen LogP contribution in [0.3, 0.4) is 0 Å². The fourth-order valence-corrected chi connectivity index (χ4v) is 2.21. The maximum Gasteiger partial charge on any atom is 0.336 e. The Morgan fingerprint density at radius 1 is 1.17 bits per heavy atom. The summed E-state index contributed by atoms with van der Waals surface area (Å²) in [4.78, 5) is 22.4. The van der Waals surface area contributed by atoms with Crippen LogP contribution < -0.4 is 15.8 Å². The molecule has 0 aliphatic rings. The molecule has 0 aromatic heterocycles. The third kappa shape index (κ3) is 5.96. The number of benzene rings is 2. The van der Waals surface area contributed by atoms with Gasteiger partial charge in [0.05, 0.1) is 0 Å². The van der Waals surface area contributed by atoms with Gasteiger partial charge in [-0.1, -0.05) is 40.2 Å². The van der Waals surface area contributed by atoms with Gasteiger partial charge in [-0.3, -0.25) is 0 Å². The van der Waals surface area contributed by atoms with Gasteiger partial charge in [0.25, 0.3) is 0 Å². The van der Waals surface area contributed by atoms with Gasteiger partial charge in [-0.15, -0.1) is 0 Å². The molecule has 0 bridgehead atoms. The van der Waals surface area contributed by atoms with Crippen molar-refractivity contribution < 1.29 is 14.3 Å². The van der Waals surface area contributed by atoms with Crippen molar-refractivity contribution >= 4 is 34.0 Å². The summed E-state index contributed by atoms with van der Waals surface area (Å²) in [5.74, 6) is -0.0373. The Morgan fingerprint density at radius 2 is 1.91 bits per heavy atom. The van der Waals surface area contributed by atoms with Crippen LogP contribution in [0.2, 0.25) is 0 Å². The minimum atomic E-state index is -0.585. The molecule has 0 spiro atoms. The summed E-state index contributed by atoms with van der Waals surface area (Å²) in [5.41, 5.74) is 6.74. The van der Waals surface area contributed by atoms with Gasteiger partial charge < -0.3 is 15.8 Å². The zero-order valence-electron chi connectivity index (χ0n) is 12.2. The number of ether oxygens (including phenoxy) is 1. The first-order valence-electron chi connectivity index (χ1n) is 6.80. The molecule has 0 atom stereocenters. The van der Waals surface area contributed by atoms with E-state index in [2.05, 4.69) is 21.2 Å². The van der Waals surface area contributed by atoms with Gasteiger partial charge in [-0.25, -0.2) is 9.59 Å². The third-order valence-electron chi connectivity index (χ3n) is 2.87. The van der Waals surface area contributed by atoms with E-state index in [1.807, 2.05) is 24.3 Å². The number of carbonyl (C=O) groups is 2. The highest BCUT2D eigenvalue weighted by molar-refractivity contribution is 9.10. The molecule has 0 heterocycles. The number of urea groups is 1. The Bertz CT molecular complexity index is 727. The van der Waals surface area contributed by atoms with Crippen LogP contribution in [0.5, 0.6) is 5.75 Å². The first kappa shape index (κ1) is 16.8. The lowest BCUT2D eigenvalue weighted by Gasteiger charge is -2.04. The number of esters is 1. The van der Waals surface area contributed by atoms with Gasteiger partial charge in [0.2, 0.25) is 0 Å². The summed E-state index contributed by atoms with van der Waals surface area (Å²) in [5, 5.41) is 2.48. The highest BCUT2D eigenvalue weighted by atomic mass is 79.9. The Kier molecular flexibility index (Phi) is 5.94. The molecule has 5 nitrogen and oxygen atoms in total. The number of hydrogen-bond donors (Lipinski definition) is 2. The average Bonchev–Trinajstić information content (AvgIpc) is 2.52. The van der Waals surface area contributed by atoms with E-state index in [0.717, 1.165) is 15.6 Å². The number of halogens is 1. The molecule has 3 N–H and O–H groups in total. The van der Waals surface area contributed by atoms with Crippen molar-refractivity contribution in [3.63, 3.8) is 0 Å². The van der Waals surface area contributed by atoms with E-state index in [1.165, 1.54) is 6.08 Å². The van der Waals surface area contributed by atoms with Gasteiger partial charge in [-0.2, -0.15) is 0 Å². The van der Waals surface area contributed by atoms with Crippen molar-refractivity contribution in [2.24, 2.45) is 5.73 Å². The molecule has 23 heavy (non-hydrogen) atoms. The summed E-state index contributed by atoms with van der Waals surface area (Å²) in [6, 6.07) is 13.8. The van der Waals surface area contributed by atoms with E-state index >= 15 is 0 Å². The van der Waals surface area contributed by atoms with Crippen LogP contribution in [-0.2, 0) is 11.3 Å². The number of nitrogens with one attached hydrogen (secondary N) is 1. The maximum atomic E-state index is 11.8. The predicted octanol–water partition coefficient (Wildman–Crippen LogP) is 3.24. The average molecular weight is 375 g/mol. The number of hydrogen-bond acceptors (Lipinski definition) is 3. The molecule has 0 radical (unpaired) electrons. The van der Waals surface area contributed by atoms with Gasteiger partial charge in [0.15, 0.2) is 0 Å². The van der Waals surface area contributed by atoms with Gasteiger partial charge in [0, 0.05) is 17.1 Å². The topological polar surface area (TPSA) is 81.4 Å². The summed E-state index contributed by atoms with van der Waals surface area (Å²) in [6.45, 7) is 0.326. The van der Waals surface area contributed by atoms with Crippen molar-refractivity contribution in [1.82, 2.24) is 5.32 Å². The molecule has 0 unspecified atom stereocenters. The number of primary amides is 1. The van der Waals surface area contributed by atoms with E-state index in [1.54, 1.807) is 30.3 Å². The second-order valence-electron chi connectivity index (χ2n) is 4.67. The standard InChI is InChI=1S/C17H15BrN2O3/c18-14-3-1-2-12(10-14)6-9-16(21)23-15-7-4-13(5-8-15)11-20-17(19)22/h1-10H,11H2,(H3,19,20,22)/b9-6+. The fourth-order valence-electron chi connectivity index (χ4n) is 1.79. The fraction of sp³-hybridized carbons (Fsp3) is 0.0588. The Morgan fingerprint density at radius 3 is 2.57 bits per heavy atom. The van der Waals surface area contributed by atoms with E-state index in [9.17, 15) is 9.59 Å². The predicted molar refractivity (Wildman–Crippen MR) is 91.7 cm³/mol. The molecular formula is C17H15BrN2O3. The first-order chi connectivity index (χ1) is 11.0. The normalized spacial score (nSPS) is 10.5. The van der Waals surface area contributed by atoms with Crippen LogP contribution >= 0.6 is 15.9 Å². The number of carbonyl (C=O) groups excluding carboxylic acids is 2. The van der Waals surface area contributed by atoms with Crippen LogP contribution in [0.15, 0.2) is 59.1 Å². The van der Waals surface area contributed by atoms with Crippen molar-refractivity contribution in [1.29, 1.82) is 0 Å². The quantitative estimate of drug-likeness (QED) is 0.478. The summed E-state index contributed by atoms with van der Waals surface area (Å²) >= 11 is 3.37. The van der Waals surface area contributed by atoms with Crippen molar-refractivity contribution in [3.05, 3.63) is 70.2 Å². The SMILES string of the molecule is NC(=O)NCc1ccc(OC(=O)/C=C/c2cccc(Br)c2)cc1. The first-order valence-corrected chi connectivity index (χ1v) is 7.60. The molecule has 0 aliphatic heterocycles. The maximum absolute atomic E-state index is 11.8. The van der Waals surface area contributed by atoms with Crippen molar-refractivity contribution in [2.75, 3.05) is 0 Å². The molecule has 2 aromatic carbocycles. The van der Waals surface area contributed by atoms with Gasteiger partial charge >= 0.3 is 12.0 Å². The lowest BCUT2D eigenvalue weighted by atomic mass is 10.2.